The third kappa shape index (κ3) is 7.95. The number of aromatic hydroxyl groups is 1. The van der Waals surface area contributed by atoms with Crippen LogP contribution in [-0.4, -0.2) is 69.5 Å². The molecule has 0 aliphatic carbocycles. The zero-order chi connectivity index (χ0) is 26.3. The first-order valence-electron chi connectivity index (χ1n) is 12.1. The number of amides is 3. The summed E-state index contributed by atoms with van der Waals surface area (Å²) in [6, 6.07) is 2.57. The molecule has 1 heterocycles. The lowest BCUT2D eigenvalue weighted by atomic mass is 9.99. The van der Waals surface area contributed by atoms with E-state index in [-0.39, 0.29) is 24.0 Å². The third-order valence-electron chi connectivity index (χ3n) is 6.17. The smallest absolute Gasteiger partial charge is 0.326 e. The van der Waals surface area contributed by atoms with Gasteiger partial charge in [0.2, 0.25) is 17.7 Å². The van der Waals surface area contributed by atoms with Gasteiger partial charge in [0.25, 0.3) is 0 Å². The van der Waals surface area contributed by atoms with Crippen LogP contribution in [0.15, 0.2) is 24.3 Å². The van der Waals surface area contributed by atoms with Gasteiger partial charge in [0.1, 0.15) is 23.9 Å². The Balaban J connectivity index is 2.26. The molecule has 1 fully saturated rings. The molecule has 3 amide bonds. The van der Waals surface area contributed by atoms with Crippen LogP contribution in [0.4, 0.5) is 0 Å². The lowest BCUT2D eigenvalue weighted by Crippen LogP contribution is -2.58. The average Bonchev–Trinajstić information content (AvgIpc) is 3.28. The Morgan fingerprint density at radius 2 is 1.63 bits per heavy atom. The predicted octanol–water partition coefficient (Wildman–Crippen LogP) is 1.01. The number of carboxylic acids is 1. The number of benzene rings is 1. The molecule has 35 heavy (non-hydrogen) atoms. The monoisotopic (exact) mass is 490 g/mol. The van der Waals surface area contributed by atoms with E-state index in [1.54, 1.807) is 26.0 Å². The van der Waals surface area contributed by atoms with Crippen LogP contribution in [0.5, 0.6) is 5.75 Å². The van der Waals surface area contributed by atoms with Gasteiger partial charge < -0.3 is 31.5 Å². The largest absolute Gasteiger partial charge is 0.508 e. The normalized spacial score (nSPS) is 18.3. The van der Waals surface area contributed by atoms with Gasteiger partial charge in [-0.3, -0.25) is 14.4 Å². The topological polar surface area (TPSA) is 162 Å². The molecule has 1 saturated heterocycles. The van der Waals surface area contributed by atoms with Gasteiger partial charge in [-0.15, -0.1) is 0 Å². The zero-order valence-corrected chi connectivity index (χ0v) is 20.9. The SMILES string of the molecule is CC(C)CC(NC(=O)C(Cc1ccc(O)cc1)NC(=O)C(N)C(C)C)C(=O)N1CCCC1C(=O)O. The Hall–Kier alpha value is -3.14. The van der Waals surface area contributed by atoms with Gasteiger partial charge in [-0.25, -0.2) is 4.79 Å². The van der Waals surface area contributed by atoms with Gasteiger partial charge in [0, 0.05) is 13.0 Å². The maximum atomic E-state index is 13.4. The first kappa shape index (κ1) is 28.1. The predicted molar refractivity (Wildman–Crippen MR) is 130 cm³/mol. The number of hydrogen-bond donors (Lipinski definition) is 5. The molecule has 4 unspecified atom stereocenters. The fourth-order valence-corrected chi connectivity index (χ4v) is 4.10. The van der Waals surface area contributed by atoms with Gasteiger partial charge in [0.05, 0.1) is 6.04 Å². The molecule has 0 bridgehead atoms. The molecule has 6 N–H and O–H groups in total. The number of carbonyl (C=O) groups excluding carboxylic acids is 3. The lowest BCUT2D eigenvalue weighted by Gasteiger charge is -2.30. The second-order valence-corrected chi connectivity index (χ2v) is 9.92. The van der Waals surface area contributed by atoms with Crippen molar-refractivity contribution in [2.45, 2.75) is 77.5 Å². The van der Waals surface area contributed by atoms with Gasteiger partial charge in [-0.1, -0.05) is 39.8 Å². The highest BCUT2D eigenvalue weighted by atomic mass is 16.4. The van der Waals surface area contributed by atoms with Gasteiger partial charge in [-0.05, 0) is 48.8 Å². The third-order valence-corrected chi connectivity index (χ3v) is 6.17. The summed E-state index contributed by atoms with van der Waals surface area (Å²) in [6.45, 7) is 7.72. The number of likely N-dealkylation sites (tertiary alicyclic amines) is 1. The second-order valence-electron chi connectivity index (χ2n) is 9.92. The Bertz CT molecular complexity index is 902. The molecular formula is C25H38N4O6. The molecule has 10 heteroatoms. The minimum Gasteiger partial charge on any atom is -0.508 e. The number of phenolic OH excluding ortho intramolecular Hbond substituents is 1. The molecule has 2 rings (SSSR count). The van der Waals surface area contributed by atoms with Crippen molar-refractivity contribution in [2.24, 2.45) is 17.6 Å². The van der Waals surface area contributed by atoms with Crippen LogP contribution in [0.2, 0.25) is 0 Å². The van der Waals surface area contributed by atoms with Gasteiger partial charge >= 0.3 is 5.97 Å². The summed E-state index contributed by atoms with van der Waals surface area (Å²) in [5.74, 6) is -2.58. The number of carboxylic acid groups (broad SMARTS) is 1. The van der Waals surface area contributed by atoms with Crippen LogP contribution in [0, 0.1) is 11.8 Å². The Labute approximate surface area is 206 Å². The summed E-state index contributed by atoms with van der Waals surface area (Å²) in [4.78, 5) is 52.2. The summed E-state index contributed by atoms with van der Waals surface area (Å²) in [6.07, 6.45) is 1.39. The lowest BCUT2D eigenvalue weighted by molar-refractivity contribution is -0.149. The Morgan fingerprint density at radius 3 is 2.17 bits per heavy atom. The highest BCUT2D eigenvalue weighted by Gasteiger charge is 2.38. The van der Waals surface area contributed by atoms with Crippen molar-refractivity contribution >= 4 is 23.7 Å². The van der Waals surface area contributed by atoms with Crippen molar-refractivity contribution in [3.63, 3.8) is 0 Å². The highest BCUT2D eigenvalue weighted by molar-refractivity contribution is 5.94. The number of hydrogen-bond acceptors (Lipinski definition) is 6. The van der Waals surface area contributed by atoms with Gasteiger partial charge in [-0.2, -0.15) is 0 Å². The van der Waals surface area contributed by atoms with E-state index < -0.39 is 47.9 Å². The molecule has 0 saturated carbocycles. The van der Waals surface area contributed by atoms with Crippen LogP contribution in [-0.2, 0) is 25.6 Å². The maximum Gasteiger partial charge on any atom is 0.326 e. The van der Waals surface area contributed by atoms with E-state index >= 15 is 0 Å². The fraction of sp³-hybridized carbons (Fsp3) is 0.600. The molecule has 10 nitrogen and oxygen atoms in total. The minimum atomic E-state index is -1.06. The van der Waals surface area contributed by atoms with Crippen LogP contribution < -0.4 is 16.4 Å². The summed E-state index contributed by atoms with van der Waals surface area (Å²) in [5.41, 5.74) is 6.66. The Morgan fingerprint density at radius 1 is 1.03 bits per heavy atom. The molecule has 1 aliphatic heterocycles. The molecule has 4 atom stereocenters. The van der Waals surface area contributed by atoms with Crippen LogP contribution >= 0.6 is 0 Å². The number of nitrogens with one attached hydrogen (secondary N) is 2. The van der Waals surface area contributed by atoms with E-state index in [2.05, 4.69) is 10.6 Å². The van der Waals surface area contributed by atoms with Crippen LogP contribution in [0.3, 0.4) is 0 Å². The Kier molecular flexibility index (Phi) is 10.1. The number of nitrogens with two attached hydrogens (primary N) is 1. The first-order valence-corrected chi connectivity index (χ1v) is 12.1. The highest BCUT2D eigenvalue weighted by Crippen LogP contribution is 2.21. The molecule has 1 aromatic carbocycles. The quantitative estimate of drug-likeness (QED) is 0.309. The van der Waals surface area contributed by atoms with Crippen LogP contribution in [0.1, 0.15) is 52.5 Å². The standard InChI is InChI=1S/C25H38N4O6/c1-14(2)12-19(24(33)29-11-5-6-20(29)25(34)35)28-22(31)18(27-23(32)21(26)15(3)4)13-16-7-9-17(30)10-8-16/h7-10,14-15,18-21,30H,5-6,11-13,26H2,1-4H3,(H,27,32)(H,28,31)(H,34,35). The second kappa shape index (κ2) is 12.5. The van der Waals surface area contributed by atoms with E-state index in [1.807, 2.05) is 13.8 Å². The summed E-state index contributed by atoms with van der Waals surface area (Å²) in [7, 11) is 0. The van der Waals surface area contributed by atoms with Crippen molar-refractivity contribution in [2.75, 3.05) is 6.54 Å². The number of phenols is 1. The number of aliphatic carboxylic acids is 1. The number of carbonyl (C=O) groups is 4. The van der Waals surface area contributed by atoms with Crippen molar-refractivity contribution < 1.29 is 29.4 Å². The first-order chi connectivity index (χ1) is 16.4. The number of rotatable bonds is 11. The molecule has 1 aromatic rings. The van der Waals surface area contributed by atoms with E-state index in [4.69, 9.17) is 5.73 Å². The average molecular weight is 491 g/mol. The van der Waals surface area contributed by atoms with E-state index in [9.17, 15) is 29.4 Å². The van der Waals surface area contributed by atoms with E-state index in [1.165, 1.54) is 17.0 Å². The zero-order valence-electron chi connectivity index (χ0n) is 20.9. The van der Waals surface area contributed by atoms with Crippen molar-refractivity contribution in [3.05, 3.63) is 29.8 Å². The van der Waals surface area contributed by atoms with E-state index in [0.29, 0.717) is 31.4 Å². The fourth-order valence-electron chi connectivity index (χ4n) is 4.10. The summed E-state index contributed by atoms with van der Waals surface area (Å²) in [5, 5.41) is 24.5. The summed E-state index contributed by atoms with van der Waals surface area (Å²) < 4.78 is 0. The molecule has 1 aliphatic rings. The maximum absolute atomic E-state index is 13.4. The molecule has 0 spiro atoms. The number of nitrogens with zero attached hydrogens (tertiary/aromatic N) is 1. The van der Waals surface area contributed by atoms with Crippen molar-refractivity contribution in [3.8, 4) is 5.75 Å². The molecule has 194 valence electrons. The molecule has 0 radical (unpaired) electrons. The van der Waals surface area contributed by atoms with Crippen molar-refractivity contribution in [1.82, 2.24) is 15.5 Å². The molecular weight excluding hydrogens is 452 g/mol. The molecule has 0 aromatic heterocycles. The van der Waals surface area contributed by atoms with Crippen LogP contribution in [0.25, 0.3) is 0 Å². The van der Waals surface area contributed by atoms with E-state index in [0.717, 1.165) is 0 Å². The summed E-state index contributed by atoms with van der Waals surface area (Å²) >= 11 is 0. The minimum absolute atomic E-state index is 0.0506. The van der Waals surface area contributed by atoms with Crippen molar-refractivity contribution in [1.29, 1.82) is 0 Å². The van der Waals surface area contributed by atoms with Gasteiger partial charge in [0.15, 0.2) is 0 Å².